The van der Waals surface area contributed by atoms with Crippen LogP contribution < -0.4 is 0 Å². The number of rotatable bonds is 2. The fourth-order valence-electron chi connectivity index (χ4n) is 1.42. The highest BCUT2D eigenvalue weighted by Gasteiger charge is 2.09. The molecule has 0 atom stereocenters. The highest BCUT2D eigenvalue weighted by molar-refractivity contribution is 5.87. The van der Waals surface area contributed by atoms with Crippen molar-refractivity contribution in [3.63, 3.8) is 0 Å². The van der Waals surface area contributed by atoms with E-state index < -0.39 is 5.97 Å². The van der Waals surface area contributed by atoms with Crippen LogP contribution in [-0.2, 0) is 4.74 Å². The van der Waals surface area contributed by atoms with Crippen LogP contribution >= 0.6 is 0 Å². The molecule has 0 fully saturated rings. The Labute approximate surface area is 99.3 Å². The van der Waals surface area contributed by atoms with Crippen molar-refractivity contribution < 1.29 is 9.53 Å². The second-order valence-electron chi connectivity index (χ2n) is 3.62. The summed E-state index contributed by atoms with van der Waals surface area (Å²) in [6.07, 6.45) is 1.55. The summed E-state index contributed by atoms with van der Waals surface area (Å²) in [5, 5.41) is 0. The molecule has 2 aromatic rings. The first kappa shape index (κ1) is 11.3. The molecule has 4 heteroatoms. The highest BCUT2D eigenvalue weighted by Crippen LogP contribution is 2.15. The summed E-state index contributed by atoms with van der Waals surface area (Å²) < 4.78 is 4.62. The summed E-state index contributed by atoms with van der Waals surface area (Å²) in [5.74, 6) is 0.0636. The number of ether oxygens (including phenoxy) is 1. The largest absolute Gasteiger partial charge is 0.464 e. The van der Waals surface area contributed by atoms with Crippen LogP contribution in [0.5, 0.6) is 0 Å². The summed E-state index contributed by atoms with van der Waals surface area (Å²) in [4.78, 5) is 19.6. The summed E-state index contributed by atoms with van der Waals surface area (Å²) in [5.41, 5.74) is 2.30. The van der Waals surface area contributed by atoms with Crippen LogP contribution in [0.3, 0.4) is 0 Å². The third kappa shape index (κ3) is 2.47. The predicted molar refractivity (Wildman–Crippen MR) is 63.5 cm³/mol. The molecule has 2 rings (SSSR count). The van der Waals surface area contributed by atoms with E-state index in [2.05, 4.69) is 14.7 Å². The van der Waals surface area contributed by atoms with Crippen molar-refractivity contribution in [3.8, 4) is 11.4 Å². The van der Waals surface area contributed by atoms with E-state index in [1.165, 1.54) is 13.2 Å². The Bertz CT molecular complexity index is 535. The molecule has 0 spiro atoms. The first-order chi connectivity index (χ1) is 8.20. The Balaban J connectivity index is 2.39. The maximum atomic E-state index is 11.3. The van der Waals surface area contributed by atoms with Crippen LogP contribution in [0.2, 0.25) is 0 Å². The van der Waals surface area contributed by atoms with Gasteiger partial charge in [-0.1, -0.05) is 29.8 Å². The van der Waals surface area contributed by atoms with E-state index >= 15 is 0 Å². The second-order valence-corrected chi connectivity index (χ2v) is 3.62. The van der Waals surface area contributed by atoms with Crippen molar-refractivity contribution in [2.45, 2.75) is 6.92 Å². The molecular weight excluding hydrogens is 216 g/mol. The molecule has 0 bridgehead atoms. The highest BCUT2D eigenvalue weighted by atomic mass is 16.5. The minimum atomic E-state index is -0.458. The molecule has 0 radical (unpaired) electrons. The predicted octanol–water partition coefficient (Wildman–Crippen LogP) is 2.24. The fourth-order valence-corrected chi connectivity index (χ4v) is 1.42. The third-order valence-electron chi connectivity index (χ3n) is 2.36. The molecule has 0 aliphatic rings. The number of aromatic nitrogens is 2. The van der Waals surface area contributed by atoms with E-state index in [1.54, 1.807) is 6.20 Å². The van der Waals surface area contributed by atoms with Gasteiger partial charge in [0, 0.05) is 11.8 Å². The van der Waals surface area contributed by atoms with Crippen LogP contribution in [-0.4, -0.2) is 23.0 Å². The summed E-state index contributed by atoms with van der Waals surface area (Å²) in [6.45, 7) is 2.01. The maximum Gasteiger partial charge on any atom is 0.356 e. The molecular formula is C13H12N2O2. The van der Waals surface area contributed by atoms with Crippen LogP contribution in [0.25, 0.3) is 11.4 Å². The van der Waals surface area contributed by atoms with Crippen molar-refractivity contribution in [2.75, 3.05) is 7.11 Å². The van der Waals surface area contributed by atoms with Gasteiger partial charge >= 0.3 is 5.97 Å². The zero-order chi connectivity index (χ0) is 12.3. The number of methoxy groups -OCH3 is 1. The normalized spacial score (nSPS) is 10.0. The van der Waals surface area contributed by atoms with Gasteiger partial charge in [-0.2, -0.15) is 0 Å². The quantitative estimate of drug-likeness (QED) is 0.740. The van der Waals surface area contributed by atoms with Crippen LogP contribution in [0.1, 0.15) is 16.1 Å². The molecule has 1 heterocycles. The Hall–Kier alpha value is -2.23. The first-order valence-electron chi connectivity index (χ1n) is 5.19. The van der Waals surface area contributed by atoms with Crippen molar-refractivity contribution in [3.05, 3.63) is 47.8 Å². The Morgan fingerprint density at radius 1 is 1.18 bits per heavy atom. The number of hydrogen-bond donors (Lipinski definition) is 0. The Morgan fingerprint density at radius 3 is 2.53 bits per heavy atom. The molecule has 17 heavy (non-hydrogen) atoms. The molecule has 1 aromatic heterocycles. The lowest BCUT2D eigenvalue weighted by atomic mass is 10.1. The zero-order valence-electron chi connectivity index (χ0n) is 9.68. The van der Waals surface area contributed by atoms with Crippen LogP contribution in [0, 0.1) is 6.92 Å². The third-order valence-corrected chi connectivity index (χ3v) is 2.36. The monoisotopic (exact) mass is 228 g/mol. The second kappa shape index (κ2) is 4.74. The number of hydrogen-bond acceptors (Lipinski definition) is 4. The van der Waals surface area contributed by atoms with Crippen LogP contribution in [0.15, 0.2) is 36.5 Å². The first-order valence-corrected chi connectivity index (χ1v) is 5.19. The minimum Gasteiger partial charge on any atom is -0.464 e. The van der Waals surface area contributed by atoms with Gasteiger partial charge in [-0.3, -0.25) is 0 Å². The van der Waals surface area contributed by atoms with Gasteiger partial charge in [0.05, 0.1) is 7.11 Å². The number of nitrogens with zero attached hydrogens (tertiary/aromatic N) is 2. The Kier molecular flexibility index (Phi) is 3.14. The fraction of sp³-hybridized carbons (Fsp3) is 0.154. The number of aryl methyl sites for hydroxylation is 1. The van der Waals surface area contributed by atoms with Gasteiger partial charge < -0.3 is 4.74 Å². The van der Waals surface area contributed by atoms with Gasteiger partial charge in [0.1, 0.15) is 0 Å². The number of esters is 1. The van der Waals surface area contributed by atoms with Crippen molar-refractivity contribution >= 4 is 5.97 Å². The molecule has 0 unspecified atom stereocenters. The average molecular weight is 228 g/mol. The molecule has 1 aromatic carbocycles. The van der Waals surface area contributed by atoms with Crippen molar-refractivity contribution in [1.82, 2.24) is 9.97 Å². The summed E-state index contributed by atoms with van der Waals surface area (Å²) in [6, 6.07) is 9.33. The van der Waals surface area contributed by atoms with E-state index in [-0.39, 0.29) is 5.69 Å². The topological polar surface area (TPSA) is 52.1 Å². The SMILES string of the molecule is COC(=O)c1ccnc(-c2ccc(C)cc2)n1. The van der Waals surface area contributed by atoms with Crippen molar-refractivity contribution in [1.29, 1.82) is 0 Å². The average Bonchev–Trinajstić information content (AvgIpc) is 2.39. The van der Waals surface area contributed by atoms with Gasteiger partial charge in [-0.05, 0) is 13.0 Å². The lowest BCUT2D eigenvalue weighted by Crippen LogP contribution is -2.05. The molecule has 4 nitrogen and oxygen atoms in total. The van der Waals surface area contributed by atoms with Gasteiger partial charge in [0.15, 0.2) is 11.5 Å². The lowest BCUT2D eigenvalue weighted by molar-refractivity contribution is 0.0594. The van der Waals surface area contributed by atoms with Gasteiger partial charge in [0.25, 0.3) is 0 Å². The Morgan fingerprint density at radius 2 is 1.88 bits per heavy atom. The van der Waals surface area contributed by atoms with E-state index in [1.807, 2.05) is 31.2 Å². The summed E-state index contributed by atoms with van der Waals surface area (Å²) in [7, 11) is 1.33. The van der Waals surface area contributed by atoms with Gasteiger partial charge in [0.2, 0.25) is 0 Å². The molecule has 0 aliphatic heterocycles. The smallest absolute Gasteiger partial charge is 0.356 e. The molecule has 0 saturated heterocycles. The van der Waals surface area contributed by atoms with Gasteiger partial charge in [-0.25, -0.2) is 14.8 Å². The maximum absolute atomic E-state index is 11.3. The van der Waals surface area contributed by atoms with E-state index in [0.717, 1.165) is 11.1 Å². The molecule has 0 aliphatic carbocycles. The number of carbonyl (C=O) groups excluding carboxylic acids is 1. The number of benzene rings is 1. The molecule has 86 valence electrons. The molecule has 0 N–H and O–H groups in total. The molecule has 0 amide bonds. The van der Waals surface area contributed by atoms with Crippen molar-refractivity contribution in [2.24, 2.45) is 0 Å². The number of carbonyl (C=O) groups is 1. The van der Waals surface area contributed by atoms with Crippen LogP contribution in [0.4, 0.5) is 0 Å². The zero-order valence-corrected chi connectivity index (χ0v) is 9.68. The van der Waals surface area contributed by atoms with E-state index in [9.17, 15) is 4.79 Å². The van der Waals surface area contributed by atoms with Gasteiger partial charge in [-0.15, -0.1) is 0 Å². The summed E-state index contributed by atoms with van der Waals surface area (Å²) >= 11 is 0. The van der Waals surface area contributed by atoms with E-state index in [0.29, 0.717) is 5.82 Å². The minimum absolute atomic E-state index is 0.262. The molecule has 0 saturated carbocycles. The lowest BCUT2D eigenvalue weighted by Gasteiger charge is -2.02. The standard InChI is InChI=1S/C13H12N2O2/c1-9-3-5-10(6-4-9)12-14-8-7-11(15-12)13(16)17-2/h3-8H,1-2H3. The van der Waals surface area contributed by atoms with E-state index in [4.69, 9.17) is 0 Å².